The number of amides is 1. The number of ether oxygens (including phenoxy) is 1. The van der Waals surface area contributed by atoms with E-state index in [0.717, 1.165) is 29.3 Å². The Hall–Kier alpha value is -4.67. The minimum Gasteiger partial charge on any atom is -0.465 e. The van der Waals surface area contributed by atoms with Gasteiger partial charge >= 0.3 is 17.8 Å². The third kappa shape index (κ3) is 5.24. The number of aromatic nitrogens is 4. The second kappa shape index (κ2) is 11.5. The molecule has 2 fully saturated rings. The molecule has 6 rings (SSSR count). The van der Waals surface area contributed by atoms with E-state index in [1.54, 1.807) is 29.2 Å². The molecule has 13 nitrogen and oxygen atoms in total. The van der Waals surface area contributed by atoms with Crippen molar-refractivity contribution in [1.29, 1.82) is 5.26 Å². The highest BCUT2D eigenvalue weighted by Gasteiger charge is 2.33. The van der Waals surface area contributed by atoms with Crippen LogP contribution in [0, 0.1) is 11.3 Å². The largest absolute Gasteiger partial charge is 0.465 e. The Kier molecular flexibility index (Phi) is 7.64. The average molecular weight is 605 g/mol. The van der Waals surface area contributed by atoms with Crippen LogP contribution in [0.2, 0.25) is 5.02 Å². The number of carbonyl (C=O) groups is 1. The SMILES string of the molecule is CN1CCC[C@H]1COc1nc(N2CCN(C(=O)O)[C@@H](CC#N)C2)c2[nH]c(=O)n(-c3cccc4cccc(Cl)c34)c(=O)c2n1. The lowest BCUT2D eigenvalue weighted by atomic mass is 10.1. The maximum atomic E-state index is 14.1. The molecular weight excluding hydrogens is 576 g/mol. The first-order valence-electron chi connectivity index (χ1n) is 14.0. The monoisotopic (exact) mass is 604 g/mol. The highest BCUT2D eigenvalue weighted by Crippen LogP contribution is 2.30. The molecule has 2 saturated heterocycles. The molecule has 4 heterocycles. The van der Waals surface area contributed by atoms with Crippen molar-refractivity contribution in [3.05, 3.63) is 62.3 Å². The molecular formula is C29H29ClN8O5. The van der Waals surface area contributed by atoms with Gasteiger partial charge < -0.3 is 29.5 Å². The van der Waals surface area contributed by atoms with Gasteiger partial charge in [-0.3, -0.25) is 4.79 Å². The predicted octanol–water partition coefficient (Wildman–Crippen LogP) is 2.83. The number of fused-ring (bicyclic) bond motifs is 2. The third-order valence-electron chi connectivity index (χ3n) is 8.21. The van der Waals surface area contributed by atoms with Crippen LogP contribution in [-0.2, 0) is 0 Å². The van der Waals surface area contributed by atoms with Crippen molar-refractivity contribution in [1.82, 2.24) is 29.3 Å². The molecule has 0 bridgehead atoms. The van der Waals surface area contributed by atoms with E-state index in [4.69, 9.17) is 16.3 Å². The number of nitriles is 1. The van der Waals surface area contributed by atoms with Gasteiger partial charge in [-0.15, -0.1) is 0 Å². The molecule has 43 heavy (non-hydrogen) atoms. The first-order chi connectivity index (χ1) is 20.8. The lowest BCUT2D eigenvalue weighted by Gasteiger charge is -2.39. The van der Waals surface area contributed by atoms with Crippen LogP contribution in [0.15, 0.2) is 46.0 Å². The van der Waals surface area contributed by atoms with Gasteiger partial charge in [0.15, 0.2) is 11.3 Å². The van der Waals surface area contributed by atoms with Crippen molar-refractivity contribution in [3.8, 4) is 17.8 Å². The van der Waals surface area contributed by atoms with Crippen molar-refractivity contribution in [2.75, 3.05) is 44.7 Å². The molecule has 2 aromatic carbocycles. The number of likely N-dealkylation sites (N-methyl/N-ethyl adjacent to an activating group) is 1. The van der Waals surface area contributed by atoms with Gasteiger partial charge in [0.25, 0.3) is 5.56 Å². The summed E-state index contributed by atoms with van der Waals surface area (Å²) in [6.45, 7) is 1.70. The van der Waals surface area contributed by atoms with Crippen molar-refractivity contribution in [2.24, 2.45) is 0 Å². The zero-order valence-electron chi connectivity index (χ0n) is 23.4. The molecule has 14 heteroatoms. The summed E-state index contributed by atoms with van der Waals surface area (Å²) in [5.74, 6) is 0.227. The lowest BCUT2D eigenvalue weighted by molar-refractivity contribution is 0.119. The smallest absolute Gasteiger partial charge is 0.407 e. The number of piperazine rings is 1. The van der Waals surface area contributed by atoms with E-state index in [2.05, 4.69) is 19.9 Å². The topological polar surface area (TPSA) is 161 Å². The van der Waals surface area contributed by atoms with Crippen LogP contribution < -0.4 is 20.9 Å². The van der Waals surface area contributed by atoms with Gasteiger partial charge in [-0.05, 0) is 44.0 Å². The van der Waals surface area contributed by atoms with Gasteiger partial charge in [-0.25, -0.2) is 14.2 Å². The number of hydrogen-bond donors (Lipinski definition) is 2. The minimum absolute atomic E-state index is 0.0334. The summed E-state index contributed by atoms with van der Waals surface area (Å²) in [5, 5.41) is 20.7. The van der Waals surface area contributed by atoms with Crippen LogP contribution in [0.3, 0.4) is 0 Å². The maximum absolute atomic E-state index is 14.1. The summed E-state index contributed by atoms with van der Waals surface area (Å²) < 4.78 is 7.05. The number of halogens is 1. The molecule has 2 atom stereocenters. The molecule has 4 aromatic rings. The molecule has 0 aliphatic carbocycles. The van der Waals surface area contributed by atoms with Crippen LogP contribution in [0.4, 0.5) is 10.6 Å². The molecule has 0 saturated carbocycles. The Balaban J connectivity index is 1.51. The molecule has 222 valence electrons. The molecule has 0 spiro atoms. The van der Waals surface area contributed by atoms with Gasteiger partial charge in [-0.1, -0.05) is 35.9 Å². The fourth-order valence-electron chi connectivity index (χ4n) is 5.97. The number of nitrogens with one attached hydrogen (secondary N) is 1. The van der Waals surface area contributed by atoms with E-state index in [1.165, 1.54) is 4.90 Å². The molecule has 2 aromatic heterocycles. The summed E-state index contributed by atoms with van der Waals surface area (Å²) in [4.78, 5) is 56.6. The number of hydrogen-bond acceptors (Lipinski definition) is 9. The fraction of sp³-hybridized carbons (Fsp3) is 0.379. The molecule has 1 amide bonds. The molecule has 2 N–H and O–H groups in total. The number of rotatable bonds is 6. The first-order valence-corrected chi connectivity index (χ1v) is 14.3. The third-order valence-corrected chi connectivity index (χ3v) is 8.53. The number of anilines is 1. The summed E-state index contributed by atoms with van der Waals surface area (Å²) in [5.41, 5.74) is -1.07. The highest BCUT2D eigenvalue weighted by atomic mass is 35.5. The van der Waals surface area contributed by atoms with E-state index in [1.807, 2.05) is 25.2 Å². The van der Waals surface area contributed by atoms with E-state index in [9.17, 15) is 24.8 Å². The van der Waals surface area contributed by atoms with E-state index >= 15 is 0 Å². The molecule has 2 aliphatic rings. The normalized spacial score (nSPS) is 19.2. The van der Waals surface area contributed by atoms with Gasteiger partial charge in [0, 0.05) is 31.1 Å². The predicted molar refractivity (Wildman–Crippen MR) is 160 cm³/mol. The Bertz CT molecular complexity index is 1880. The Labute approximate surface area is 250 Å². The van der Waals surface area contributed by atoms with Crippen molar-refractivity contribution in [2.45, 2.75) is 31.3 Å². The van der Waals surface area contributed by atoms with Crippen LogP contribution in [0.5, 0.6) is 6.01 Å². The number of aromatic amines is 1. The lowest BCUT2D eigenvalue weighted by Crippen LogP contribution is -2.55. The molecule has 0 radical (unpaired) electrons. The molecule has 2 aliphatic heterocycles. The summed E-state index contributed by atoms with van der Waals surface area (Å²) in [6.07, 6.45) is 0.838. The number of H-pyrrole nitrogens is 1. The van der Waals surface area contributed by atoms with Crippen molar-refractivity contribution >= 4 is 45.3 Å². The number of benzene rings is 2. The van der Waals surface area contributed by atoms with Gasteiger partial charge in [-0.2, -0.15) is 15.2 Å². The summed E-state index contributed by atoms with van der Waals surface area (Å²) >= 11 is 6.52. The van der Waals surface area contributed by atoms with E-state index < -0.39 is 23.4 Å². The average Bonchev–Trinajstić information content (AvgIpc) is 3.40. The van der Waals surface area contributed by atoms with Crippen LogP contribution in [0.1, 0.15) is 19.3 Å². The zero-order valence-corrected chi connectivity index (χ0v) is 24.1. The van der Waals surface area contributed by atoms with Crippen LogP contribution in [0.25, 0.3) is 27.5 Å². The van der Waals surface area contributed by atoms with Crippen LogP contribution >= 0.6 is 11.6 Å². The molecule has 0 unspecified atom stereocenters. The standard InChI is InChI=1S/C29H29ClN8O5/c1-35-12-4-7-19(35)16-43-27-32-24-23(25(34-27)36-13-14-37(29(41)42)18(15-36)10-11-31)33-28(40)38(26(24)39)21-9-3-6-17-5-2-8-20(30)22(17)21/h2-3,5-6,8-9,18-19H,4,7,10,12-16H2,1H3,(H,33,40)(H,41,42)/t18-,19-/m0/s1. The minimum atomic E-state index is -1.12. The number of nitrogens with zero attached hydrogens (tertiary/aromatic N) is 7. The number of likely N-dealkylation sites (tertiary alicyclic amines) is 1. The van der Waals surface area contributed by atoms with Gasteiger partial charge in [0.1, 0.15) is 12.1 Å². The van der Waals surface area contributed by atoms with E-state index in [-0.39, 0.29) is 55.0 Å². The second-order valence-electron chi connectivity index (χ2n) is 10.8. The van der Waals surface area contributed by atoms with Crippen LogP contribution in [-0.4, -0.2) is 92.4 Å². The summed E-state index contributed by atoms with van der Waals surface area (Å²) in [6, 6.07) is 12.1. The first kappa shape index (κ1) is 28.4. The van der Waals surface area contributed by atoms with Crippen molar-refractivity contribution < 1.29 is 14.6 Å². The van der Waals surface area contributed by atoms with E-state index in [0.29, 0.717) is 22.7 Å². The maximum Gasteiger partial charge on any atom is 0.407 e. The van der Waals surface area contributed by atoms with Gasteiger partial charge in [0.05, 0.1) is 29.2 Å². The summed E-state index contributed by atoms with van der Waals surface area (Å²) in [7, 11) is 2.02. The Morgan fingerprint density at radius 1 is 1.16 bits per heavy atom. The second-order valence-corrected chi connectivity index (χ2v) is 11.2. The zero-order chi connectivity index (χ0) is 30.2. The number of carboxylic acid groups (broad SMARTS) is 1. The highest BCUT2D eigenvalue weighted by molar-refractivity contribution is 6.36. The Morgan fingerprint density at radius 3 is 2.67 bits per heavy atom. The fourth-order valence-corrected chi connectivity index (χ4v) is 6.25. The van der Waals surface area contributed by atoms with Gasteiger partial charge in [0.2, 0.25) is 0 Å². The van der Waals surface area contributed by atoms with Crippen molar-refractivity contribution in [3.63, 3.8) is 0 Å². The quantitative estimate of drug-likeness (QED) is 0.335. The Morgan fingerprint density at radius 2 is 1.95 bits per heavy atom.